The number of furan rings is 2. The second kappa shape index (κ2) is 14.0. The summed E-state index contributed by atoms with van der Waals surface area (Å²) in [6.07, 6.45) is 0. The Labute approximate surface area is 377 Å². The van der Waals surface area contributed by atoms with Crippen LogP contribution in [0.1, 0.15) is 16.4 Å². The molecule has 4 heterocycles. The van der Waals surface area contributed by atoms with E-state index >= 15 is 0 Å². The third-order valence-corrected chi connectivity index (χ3v) is 11.3. The summed E-state index contributed by atoms with van der Waals surface area (Å²) in [6, 6.07) is 35.8. The molecule has 63 heavy (non-hydrogen) atoms. The third kappa shape index (κ3) is 5.76. The van der Waals surface area contributed by atoms with Gasteiger partial charge in [0.15, 0.2) is 17.5 Å². The van der Waals surface area contributed by atoms with Gasteiger partial charge in [0.2, 0.25) is 0 Å². The highest BCUT2D eigenvalue weighted by Crippen LogP contribution is 2.40. The van der Waals surface area contributed by atoms with Gasteiger partial charge in [-0.15, -0.1) is 0 Å². The van der Waals surface area contributed by atoms with Gasteiger partial charge in [-0.25, -0.2) is 15.0 Å². The summed E-state index contributed by atoms with van der Waals surface area (Å²) in [5.41, 5.74) is 5.76. The van der Waals surface area contributed by atoms with Crippen molar-refractivity contribution in [3.8, 4) is 62.1 Å². The summed E-state index contributed by atoms with van der Waals surface area (Å²) in [4.78, 5) is 15.1. The molecular weight excluding hydrogens is 773 g/mol. The maximum atomic E-state index is 9.65. The number of fused-ring (bicyclic) bond motifs is 9. The Kier molecular flexibility index (Phi) is 5.60. The van der Waals surface area contributed by atoms with Crippen molar-refractivity contribution in [2.75, 3.05) is 0 Å². The van der Waals surface area contributed by atoms with Crippen LogP contribution in [0.25, 0.3) is 128 Å². The molecule has 0 amide bonds. The van der Waals surface area contributed by atoms with Gasteiger partial charge in [0.05, 0.1) is 27.5 Å². The molecule has 0 spiro atoms. The van der Waals surface area contributed by atoms with Gasteiger partial charge in [-0.2, -0.15) is 0 Å². The van der Waals surface area contributed by atoms with E-state index in [9.17, 15) is 5.48 Å². The molecule has 0 unspecified atom stereocenters. The van der Waals surface area contributed by atoms with Crippen molar-refractivity contribution in [2.24, 2.45) is 0 Å². The fraction of sp³-hybridized carbons (Fsp3) is 0. The van der Waals surface area contributed by atoms with E-state index in [1.165, 1.54) is 6.07 Å². The van der Waals surface area contributed by atoms with Crippen molar-refractivity contribution >= 4 is 65.7 Å². The van der Waals surface area contributed by atoms with Crippen molar-refractivity contribution < 1.29 is 25.3 Å². The van der Waals surface area contributed by atoms with Gasteiger partial charge in [0.1, 0.15) is 22.3 Å². The normalized spacial score (nSPS) is 14.5. The monoisotopic (exact) mass is 818 g/mol. The summed E-state index contributed by atoms with van der Waals surface area (Å²) >= 11 is 0. The van der Waals surface area contributed by atoms with Gasteiger partial charge >= 0.3 is 0 Å². The zero-order valence-electron chi connectivity index (χ0n) is 44.8. The van der Waals surface area contributed by atoms with Crippen LogP contribution in [0.3, 0.4) is 0 Å². The van der Waals surface area contributed by atoms with Crippen molar-refractivity contribution in [1.82, 2.24) is 19.5 Å². The number of para-hydroxylation sites is 2. The van der Waals surface area contributed by atoms with Gasteiger partial charge in [-0.1, -0.05) is 133 Å². The van der Waals surface area contributed by atoms with Gasteiger partial charge < -0.3 is 13.4 Å². The number of nitrogens with zero attached hydrogens (tertiary/aromatic N) is 4. The van der Waals surface area contributed by atoms with Crippen LogP contribution in [-0.2, 0) is 0 Å². The number of benzene rings is 9. The van der Waals surface area contributed by atoms with Crippen LogP contribution in [0, 0.1) is 0 Å². The molecule has 0 saturated heterocycles. The topological polar surface area (TPSA) is 69.9 Å². The quantitative estimate of drug-likeness (QED) is 0.167. The first-order valence-electron chi connectivity index (χ1n) is 26.1. The number of aromatic nitrogens is 4. The molecule has 0 saturated carbocycles. The van der Waals surface area contributed by atoms with E-state index < -0.39 is 72.2 Å². The molecule has 0 bridgehead atoms. The van der Waals surface area contributed by atoms with E-state index in [-0.39, 0.29) is 55.6 Å². The molecule has 0 N–H and O–H groups in total. The van der Waals surface area contributed by atoms with Gasteiger partial charge in [0.25, 0.3) is 0 Å². The third-order valence-electron chi connectivity index (χ3n) is 11.3. The van der Waals surface area contributed by atoms with Crippen LogP contribution in [0.5, 0.6) is 0 Å². The van der Waals surface area contributed by atoms with E-state index in [0.717, 1.165) is 37.6 Å². The smallest absolute Gasteiger partial charge is 0.164 e. The molecule has 9 aromatic carbocycles. The Balaban J connectivity index is 1.04. The summed E-state index contributed by atoms with van der Waals surface area (Å²) < 4.78 is 122. The molecule has 6 heteroatoms. The minimum atomic E-state index is -0.673. The number of hydrogen-bond acceptors (Lipinski definition) is 5. The maximum absolute atomic E-state index is 9.65. The zero-order chi connectivity index (χ0) is 51.9. The molecule has 0 fully saturated rings. The molecule has 13 rings (SSSR count). The first-order chi connectivity index (χ1) is 36.2. The van der Waals surface area contributed by atoms with Crippen LogP contribution < -0.4 is 0 Å². The van der Waals surface area contributed by atoms with Crippen LogP contribution in [0.4, 0.5) is 0 Å². The maximum Gasteiger partial charge on any atom is 0.164 e. The van der Waals surface area contributed by atoms with Crippen LogP contribution in [-0.4, -0.2) is 19.5 Å². The lowest BCUT2D eigenvalue weighted by atomic mass is 9.99. The predicted octanol–water partition coefficient (Wildman–Crippen LogP) is 15.1. The lowest BCUT2D eigenvalue weighted by Gasteiger charge is -2.10. The molecule has 0 aliphatic carbocycles. The molecule has 0 aliphatic rings. The summed E-state index contributed by atoms with van der Waals surface area (Å²) in [5, 5.41) is 1.35. The molecule has 0 radical (unpaired) electrons. The molecule has 294 valence electrons. The predicted molar refractivity (Wildman–Crippen MR) is 256 cm³/mol. The van der Waals surface area contributed by atoms with Gasteiger partial charge in [0, 0.05) is 60.7 Å². The highest BCUT2D eigenvalue weighted by atomic mass is 16.3. The van der Waals surface area contributed by atoms with Crippen LogP contribution in [0.2, 0.25) is 0 Å². The summed E-state index contributed by atoms with van der Waals surface area (Å²) in [5.74, 6) is 0.821. The van der Waals surface area contributed by atoms with E-state index in [1.54, 1.807) is 6.07 Å². The second-order valence-corrected chi connectivity index (χ2v) is 15.1. The van der Waals surface area contributed by atoms with E-state index in [4.69, 9.17) is 34.8 Å². The fourth-order valence-corrected chi connectivity index (χ4v) is 8.44. The first kappa shape index (κ1) is 25.2. The van der Waals surface area contributed by atoms with E-state index in [0.29, 0.717) is 39.5 Å². The largest absolute Gasteiger partial charge is 0.456 e. The van der Waals surface area contributed by atoms with Crippen LogP contribution >= 0.6 is 0 Å². The summed E-state index contributed by atoms with van der Waals surface area (Å²) in [7, 11) is 0. The highest BCUT2D eigenvalue weighted by molar-refractivity contribution is 6.13. The van der Waals surface area contributed by atoms with Crippen LogP contribution in [0.15, 0.2) is 215 Å². The lowest BCUT2D eigenvalue weighted by molar-refractivity contribution is 0.668. The molecular formula is C57H34N4O2. The van der Waals surface area contributed by atoms with Gasteiger partial charge in [-0.3, -0.25) is 0 Å². The molecule has 4 aromatic heterocycles. The number of hydrogen-bond donors (Lipinski definition) is 0. The van der Waals surface area contributed by atoms with Crippen molar-refractivity contribution in [2.45, 2.75) is 0 Å². The summed E-state index contributed by atoms with van der Waals surface area (Å²) in [6.45, 7) is 0. The molecule has 0 atom stereocenters. The fourth-order valence-electron chi connectivity index (χ4n) is 8.44. The Hall–Kier alpha value is -8.61. The standard InChI is InChI=1S/C57H34N4O2/c1-3-13-35(14-4-1)37-17-11-18-38(31-37)55-58-56(39-26-30-50-47(32-39)54-42(21-12-24-51(54)62-50)36-15-5-2-6-16-36)60-57(59-55)40-25-28-45-46-29-27-41(34-53(46)63-52(45)33-40)61-48-22-9-7-19-43(48)44-20-8-10-23-49(44)61/h1-34H/i7D,8D,9D,10D,19D,20D,22D,23D,27D,28D,29D,34D. The average molecular weight is 819 g/mol. The van der Waals surface area contributed by atoms with Crippen molar-refractivity contribution in [3.05, 3.63) is 206 Å². The Morgan fingerprint density at radius 1 is 0.381 bits per heavy atom. The minimum Gasteiger partial charge on any atom is -0.456 e. The zero-order valence-corrected chi connectivity index (χ0v) is 32.8. The second-order valence-electron chi connectivity index (χ2n) is 15.1. The molecule has 6 nitrogen and oxygen atoms in total. The lowest BCUT2D eigenvalue weighted by Crippen LogP contribution is -2.00. The first-order valence-corrected chi connectivity index (χ1v) is 20.1. The Morgan fingerprint density at radius 2 is 0.984 bits per heavy atom. The van der Waals surface area contributed by atoms with E-state index in [1.807, 2.05) is 103 Å². The Bertz CT molecular complexity index is 4560. The van der Waals surface area contributed by atoms with Crippen molar-refractivity contribution in [3.63, 3.8) is 0 Å². The minimum absolute atomic E-state index is 0.0462. The average Bonchev–Trinajstić information content (AvgIpc) is 4.14. The van der Waals surface area contributed by atoms with E-state index in [2.05, 4.69) is 18.2 Å². The SMILES string of the molecule is [2H]c1c(-n2c3c([2H])c([2H])c([2H])c([2H])c3c3c([2H])c([2H])c([2H])c([2H])c32)c([2H])c2oc3cc(-c4nc(-c5cccc(-c6ccccc6)c5)nc(-c5ccc6oc7cccc(-c8ccccc8)c7c6c5)n4)cc([2H])c3c2c1[2H]. The highest BCUT2D eigenvalue weighted by Gasteiger charge is 2.19. The molecule has 13 aromatic rings. The number of rotatable bonds is 6. The molecule has 0 aliphatic heterocycles. The Morgan fingerprint density at radius 3 is 1.73 bits per heavy atom. The van der Waals surface area contributed by atoms with Gasteiger partial charge in [-0.05, 0) is 88.9 Å². The van der Waals surface area contributed by atoms with Crippen molar-refractivity contribution in [1.29, 1.82) is 0 Å².